The normalized spacial score (nSPS) is 13.3. The maximum absolute atomic E-state index is 13.8. The van der Waals surface area contributed by atoms with Crippen LogP contribution in [0.3, 0.4) is 0 Å². The second-order valence-electron chi connectivity index (χ2n) is 6.70. The van der Waals surface area contributed by atoms with Gasteiger partial charge in [0, 0.05) is 32.1 Å². The Kier molecular flexibility index (Phi) is 5.05. The fourth-order valence-electron chi connectivity index (χ4n) is 3.29. The lowest BCUT2D eigenvalue weighted by Crippen LogP contribution is -2.29. The highest BCUT2D eigenvalue weighted by molar-refractivity contribution is 5.93. The van der Waals surface area contributed by atoms with Crippen molar-refractivity contribution in [1.82, 2.24) is 24.8 Å². The number of nitrogens with zero attached hydrogens (tertiary/aromatic N) is 4. The topological polar surface area (TPSA) is 95.0 Å². The van der Waals surface area contributed by atoms with Crippen molar-refractivity contribution in [3.8, 4) is 11.3 Å². The predicted octanol–water partition coefficient (Wildman–Crippen LogP) is 2.00. The Morgan fingerprint density at radius 2 is 2.14 bits per heavy atom. The number of carbonyl (C=O) groups excluding carboxylic acids is 1. The molecule has 3 heterocycles. The van der Waals surface area contributed by atoms with Crippen LogP contribution in [-0.4, -0.2) is 32.0 Å². The number of aromatic nitrogens is 4. The van der Waals surface area contributed by atoms with Crippen molar-refractivity contribution in [3.63, 3.8) is 0 Å². The molecule has 9 heteroatoms. The van der Waals surface area contributed by atoms with E-state index in [0.29, 0.717) is 19.5 Å². The van der Waals surface area contributed by atoms with Crippen molar-refractivity contribution in [2.24, 2.45) is 0 Å². The first-order valence-electron chi connectivity index (χ1n) is 9.30. The average Bonchev–Trinajstić information content (AvgIpc) is 3.31. The van der Waals surface area contributed by atoms with Gasteiger partial charge in [0.15, 0.2) is 11.5 Å². The number of nitrogens with one attached hydrogen (secondary N) is 1. The summed E-state index contributed by atoms with van der Waals surface area (Å²) in [5.74, 6) is 0.170. The largest absolute Gasteiger partial charge is 0.355 e. The Balaban J connectivity index is 1.31. The molecule has 28 heavy (non-hydrogen) atoms. The van der Waals surface area contributed by atoms with Crippen molar-refractivity contribution in [1.29, 1.82) is 0 Å². The minimum absolute atomic E-state index is 0.0767. The number of hydrogen-bond donors (Lipinski definition) is 1. The molecule has 0 unspecified atom stereocenters. The summed E-state index contributed by atoms with van der Waals surface area (Å²) >= 11 is 0. The summed E-state index contributed by atoms with van der Waals surface area (Å²) in [5, 5.41) is 10.8. The molecule has 0 spiro atoms. The number of rotatable bonds is 6. The average molecular weight is 385 g/mol. The minimum Gasteiger partial charge on any atom is -0.355 e. The molecular weight excluding hydrogens is 365 g/mol. The zero-order chi connectivity index (χ0) is 19.5. The summed E-state index contributed by atoms with van der Waals surface area (Å²) in [7, 11) is 0. The lowest BCUT2D eigenvalue weighted by molar-refractivity contribution is 0.0943. The van der Waals surface area contributed by atoms with Gasteiger partial charge >= 0.3 is 5.69 Å². The van der Waals surface area contributed by atoms with Gasteiger partial charge in [-0.05, 0) is 31.4 Å². The van der Waals surface area contributed by atoms with E-state index in [-0.39, 0.29) is 22.7 Å². The zero-order valence-corrected chi connectivity index (χ0v) is 15.2. The maximum Gasteiger partial charge on any atom is 0.345 e. The number of hydrogen-bond acceptors (Lipinski definition) is 5. The number of halogens is 1. The van der Waals surface area contributed by atoms with E-state index >= 15 is 0 Å². The quantitative estimate of drug-likeness (QED) is 0.655. The van der Waals surface area contributed by atoms with Gasteiger partial charge in [-0.1, -0.05) is 17.3 Å². The van der Waals surface area contributed by atoms with E-state index in [1.807, 2.05) is 0 Å². The smallest absolute Gasteiger partial charge is 0.345 e. The van der Waals surface area contributed by atoms with Crippen LogP contribution in [0, 0.1) is 5.82 Å². The van der Waals surface area contributed by atoms with Crippen molar-refractivity contribution in [2.45, 2.75) is 38.8 Å². The second-order valence-corrected chi connectivity index (χ2v) is 6.70. The maximum atomic E-state index is 13.8. The SMILES string of the molecule is O=C(NCCCn1nc2n(c1=O)CCCC2)c1cc(-c2ccccc2F)on1. The van der Waals surface area contributed by atoms with Gasteiger partial charge in [-0.25, -0.2) is 13.9 Å². The number of fused-ring (bicyclic) bond motifs is 1. The summed E-state index contributed by atoms with van der Waals surface area (Å²) in [5.41, 5.74) is 0.233. The number of amides is 1. The highest BCUT2D eigenvalue weighted by Gasteiger charge is 2.17. The van der Waals surface area contributed by atoms with E-state index in [1.54, 1.807) is 22.8 Å². The Morgan fingerprint density at radius 1 is 1.29 bits per heavy atom. The molecular formula is C19H20FN5O3. The molecule has 0 radical (unpaired) electrons. The van der Waals surface area contributed by atoms with Gasteiger partial charge in [-0.2, -0.15) is 5.10 Å². The van der Waals surface area contributed by atoms with Gasteiger partial charge in [-0.3, -0.25) is 9.36 Å². The van der Waals surface area contributed by atoms with Crippen molar-refractivity contribution in [3.05, 3.63) is 58.2 Å². The van der Waals surface area contributed by atoms with Crippen LogP contribution in [0.1, 0.15) is 35.6 Å². The van der Waals surface area contributed by atoms with E-state index in [4.69, 9.17) is 4.52 Å². The molecule has 0 fully saturated rings. The van der Waals surface area contributed by atoms with Gasteiger partial charge in [0.25, 0.3) is 5.91 Å². The summed E-state index contributed by atoms with van der Waals surface area (Å²) in [4.78, 5) is 24.4. The van der Waals surface area contributed by atoms with Gasteiger partial charge in [0.1, 0.15) is 11.6 Å². The standard InChI is InChI=1S/C19H20FN5O3/c20-14-7-2-1-6-13(14)16-12-15(23-28-16)18(26)21-9-5-11-25-19(27)24-10-4-3-8-17(24)22-25/h1-2,6-7,12H,3-5,8-11H2,(H,21,26). The van der Waals surface area contributed by atoms with Gasteiger partial charge < -0.3 is 9.84 Å². The molecule has 0 aliphatic carbocycles. The fourth-order valence-corrected chi connectivity index (χ4v) is 3.29. The monoisotopic (exact) mass is 385 g/mol. The lowest BCUT2D eigenvalue weighted by atomic mass is 10.1. The summed E-state index contributed by atoms with van der Waals surface area (Å²) in [6.45, 7) is 1.51. The van der Waals surface area contributed by atoms with Crippen molar-refractivity contribution < 1.29 is 13.7 Å². The minimum atomic E-state index is -0.446. The van der Waals surface area contributed by atoms with E-state index < -0.39 is 11.7 Å². The van der Waals surface area contributed by atoms with Crippen molar-refractivity contribution >= 4 is 5.91 Å². The molecule has 1 aromatic carbocycles. The summed E-state index contributed by atoms with van der Waals surface area (Å²) < 4.78 is 22.1. The van der Waals surface area contributed by atoms with Crippen molar-refractivity contribution in [2.75, 3.05) is 6.54 Å². The molecule has 1 aliphatic rings. The summed E-state index contributed by atoms with van der Waals surface area (Å²) in [6, 6.07) is 7.52. The molecule has 2 aromatic heterocycles. The van der Waals surface area contributed by atoms with Crippen LogP contribution in [0.5, 0.6) is 0 Å². The second kappa shape index (κ2) is 7.79. The first-order chi connectivity index (χ1) is 13.6. The van der Waals surface area contributed by atoms with E-state index in [9.17, 15) is 14.0 Å². The fraction of sp³-hybridized carbons (Fsp3) is 0.368. The molecule has 0 saturated carbocycles. The molecule has 4 rings (SSSR count). The van der Waals surface area contributed by atoms with E-state index in [0.717, 1.165) is 31.6 Å². The van der Waals surface area contributed by atoms with Crippen LogP contribution < -0.4 is 11.0 Å². The number of aryl methyl sites for hydroxylation is 2. The van der Waals surface area contributed by atoms with Gasteiger partial charge in [0.2, 0.25) is 0 Å². The van der Waals surface area contributed by atoms with Crippen LogP contribution >= 0.6 is 0 Å². The van der Waals surface area contributed by atoms with Crippen LogP contribution in [0.2, 0.25) is 0 Å². The van der Waals surface area contributed by atoms with Crippen LogP contribution in [0.4, 0.5) is 4.39 Å². The first-order valence-corrected chi connectivity index (χ1v) is 9.30. The molecule has 0 atom stereocenters. The molecule has 8 nitrogen and oxygen atoms in total. The third-order valence-corrected chi connectivity index (χ3v) is 4.75. The van der Waals surface area contributed by atoms with Gasteiger partial charge in [-0.15, -0.1) is 0 Å². The third kappa shape index (κ3) is 3.60. The van der Waals surface area contributed by atoms with E-state index in [1.165, 1.54) is 16.8 Å². The molecule has 3 aromatic rings. The van der Waals surface area contributed by atoms with Crippen LogP contribution in [0.15, 0.2) is 39.6 Å². The Labute approximate surface area is 159 Å². The zero-order valence-electron chi connectivity index (χ0n) is 15.2. The molecule has 1 N–H and O–H groups in total. The Bertz CT molecular complexity index is 1050. The highest BCUT2D eigenvalue weighted by Crippen LogP contribution is 2.23. The lowest BCUT2D eigenvalue weighted by Gasteiger charge is -2.09. The van der Waals surface area contributed by atoms with Crippen LogP contribution in [-0.2, 0) is 19.5 Å². The molecule has 1 aliphatic heterocycles. The highest BCUT2D eigenvalue weighted by atomic mass is 19.1. The number of carbonyl (C=O) groups is 1. The molecule has 146 valence electrons. The number of benzene rings is 1. The predicted molar refractivity (Wildman–Crippen MR) is 98.3 cm³/mol. The van der Waals surface area contributed by atoms with Gasteiger partial charge in [0.05, 0.1) is 5.56 Å². The third-order valence-electron chi connectivity index (χ3n) is 4.75. The Morgan fingerprint density at radius 3 is 2.96 bits per heavy atom. The first kappa shape index (κ1) is 18.1. The molecule has 0 saturated heterocycles. The molecule has 0 bridgehead atoms. The Hall–Kier alpha value is -3.23. The molecule has 1 amide bonds. The van der Waals surface area contributed by atoms with E-state index in [2.05, 4.69) is 15.6 Å². The summed E-state index contributed by atoms with van der Waals surface area (Å²) in [6.07, 6.45) is 3.44. The van der Waals surface area contributed by atoms with Crippen LogP contribution in [0.25, 0.3) is 11.3 Å².